The summed E-state index contributed by atoms with van der Waals surface area (Å²) in [5.41, 5.74) is 6.97. The van der Waals surface area contributed by atoms with E-state index in [2.05, 4.69) is 204 Å². The summed E-state index contributed by atoms with van der Waals surface area (Å²) in [6, 6.07) is 10.7. The van der Waals surface area contributed by atoms with Gasteiger partial charge in [0.05, 0.1) is 0 Å². The van der Waals surface area contributed by atoms with Crippen molar-refractivity contribution >= 4 is 152 Å². The fourth-order valence-electron chi connectivity index (χ4n) is 15.1. The molecule has 0 heterocycles. The van der Waals surface area contributed by atoms with Crippen LogP contribution in [0.15, 0.2) is 50.9 Å². The molecule has 482 valence electrons. The third kappa shape index (κ3) is 27.1. The van der Waals surface area contributed by atoms with E-state index in [9.17, 15) is 0 Å². The number of allylic oxidation sites excluding steroid dienone is 2. The van der Waals surface area contributed by atoms with Gasteiger partial charge in [0, 0.05) is 20.1 Å². The van der Waals surface area contributed by atoms with E-state index in [4.69, 9.17) is 57.3 Å². The van der Waals surface area contributed by atoms with Crippen molar-refractivity contribution in [1.29, 1.82) is 0 Å². The molecule has 0 aliphatic heterocycles. The van der Waals surface area contributed by atoms with Gasteiger partial charge in [-0.3, -0.25) is 0 Å². The third-order valence-electron chi connectivity index (χ3n) is 21.8. The topological polar surface area (TPSA) is 0 Å². The standard InChI is InChI=1S/C10H17Cl.C10H9Cl.2C10H20.C9H14Br2.C9H5Br2.2C2H6.3C2H5.2CH3.4ClH.Sn.2Zr/c2*1-7-5-8-3-2-4-10(11)9(8)6-7;2*1-6-7(2)9(4)10(5)8(6)3;2*10-8-4-6-2-1-3-7(6)5-9(8)11;5*1-2;;;;;;;;;/h7-10H,2-6H2,1H3;2-5H,6H2,1H3;2*6-10H,1-5H3;6-9H,1-5H2;1-5H;2*1-2H3;3*1H2,2H3;2*1H3;4*1H;;;/q;;;;;;;;;;;2*-1;;;;;;2*+2/p-4. The number of rotatable bonds is 4. The van der Waals surface area contributed by atoms with Crippen LogP contribution in [-0.4, -0.2) is 33.4 Å². The average Bonchev–Trinajstić information content (AvgIpc) is 4.52. The van der Waals surface area contributed by atoms with Gasteiger partial charge in [0.25, 0.3) is 0 Å². The van der Waals surface area contributed by atoms with E-state index < -0.39 is 60.1 Å². The van der Waals surface area contributed by atoms with Crippen LogP contribution in [-0.2, 0) is 48.1 Å². The monoisotopic (exact) mass is 1780 g/mol. The second-order valence-electron chi connectivity index (χ2n) is 25.3. The van der Waals surface area contributed by atoms with Crippen LogP contribution in [0, 0.1) is 104 Å². The van der Waals surface area contributed by atoms with Gasteiger partial charge in [0.1, 0.15) is 0 Å². The predicted molar refractivity (Wildman–Crippen MR) is 395 cm³/mol. The number of hydrogen-bond acceptors (Lipinski definition) is 0. The van der Waals surface area contributed by atoms with Crippen molar-refractivity contribution in [2.24, 2.45) is 88.8 Å². The first-order valence-corrected chi connectivity index (χ1v) is 56.4. The van der Waals surface area contributed by atoms with Gasteiger partial charge >= 0.3 is 208 Å². The van der Waals surface area contributed by atoms with Crippen LogP contribution in [0.4, 0.5) is 0 Å². The summed E-state index contributed by atoms with van der Waals surface area (Å²) in [6.07, 6.45) is 22.3. The van der Waals surface area contributed by atoms with Gasteiger partial charge in [-0.15, -0.1) is 11.6 Å². The summed E-state index contributed by atoms with van der Waals surface area (Å²) in [7, 11) is 19.7. The maximum absolute atomic E-state index is 6.28. The fraction of sp³-hybridized carbons (Fsp3) is 0.743. The first kappa shape index (κ1) is 89.2. The van der Waals surface area contributed by atoms with Crippen LogP contribution >= 0.6 is 121 Å². The Morgan fingerprint density at radius 1 is 0.554 bits per heavy atom. The molecule has 0 saturated heterocycles. The van der Waals surface area contributed by atoms with Crippen LogP contribution in [0.3, 0.4) is 0 Å². The molecular formula is C70H118Br4Cl6SnZr2-2. The molecule has 8 aliphatic rings. The summed E-state index contributed by atoms with van der Waals surface area (Å²) < 4.78 is 7.48. The van der Waals surface area contributed by atoms with Crippen molar-refractivity contribution in [2.45, 2.75) is 234 Å². The summed E-state index contributed by atoms with van der Waals surface area (Å²) >= 11 is 23.4. The molecule has 0 nitrogen and oxygen atoms in total. The van der Waals surface area contributed by atoms with Crippen LogP contribution in [0.25, 0.3) is 12.2 Å². The summed E-state index contributed by atoms with van der Waals surface area (Å²) in [6.45, 7) is 43.8. The summed E-state index contributed by atoms with van der Waals surface area (Å²) in [5, 5.41) is 1.41. The molecule has 0 bridgehead atoms. The Kier molecular flexibility index (Phi) is 50.6. The van der Waals surface area contributed by atoms with Gasteiger partial charge in [0.15, 0.2) is 0 Å². The minimum atomic E-state index is -2.02. The van der Waals surface area contributed by atoms with Gasteiger partial charge in [-0.2, -0.15) is 0 Å². The van der Waals surface area contributed by atoms with Crippen LogP contribution in [0.2, 0.25) is 18.3 Å². The second kappa shape index (κ2) is 47.1. The number of fused-ring (bicyclic) bond motifs is 4. The Morgan fingerprint density at radius 3 is 1.33 bits per heavy atom. The Balaban J connectivity index is 0. The molecule has 0 N–H and O–H groups in total. The molecule has 0 spiro atoms. The van der Waals surface area contributed by atoms with E-state index in [-0.39, 0.29) is 14.9 Å². The van der Waals surface area contributed by atoms with Crippen molar-refractivity contribution < 1.29 is 41.7 Å². The normalized spacial score (nSPS) is 33.2. The van der Waals surface area contributed by atoms with Gasteiger partial charge < -0.3 is 14.9 Å². The van der Waals surface area contributed by atoms with E-state index in [1.807, 2.05) is 39.8 Å². The molecule has 6 saturated carbocycles. The van der Waals surface area contributed by atoms with E-state index in [0.717, 1.165) is 118 Å². The molecule has 0 radical (unpaired) electrons. The van der Waals surface area contributed by atoms with Crippen LogP contribution in [0.5, 0.6) is 0 Å². The summed E-state index contributed by atoms with van der Waals surface area (Å²) in [5.74, 6) is 14.3. The first-order chi connectivity index (χ1) is 38.3. The Hall–Kier alpha value is 4.14. The zero-order chi connectivity index (χ0) is 62.1. The zero-order valence-corrected chi connectivity index (χ0v) is 74.4. The van der Waals surface area contributed by atoms with Crippen LogP contribution < -0.4 is 0 Å². The molecule has 6 fully saturated rings. The van der Waals surface area contributed by atoms with Crippen molar-refractivity contribution in [2.75, 3.05) is 0 Å². The van der Waals surface area contributed by atoms with Crippen molar-refractivity contribution in [3.05, 3.63) is 93.1 Å². The molecule has 10 rings (SSSR count). The number of benzene rings is 2. The molecule has 9 atom stereocenters. The molecule has 2 aromatic carbocycles. The zero-order valence-electron chi connectivity index (χ0n) is 55.8. The second-order valence-corrected chi connectivity index (χ2v) is 53.4. The number of alkyl halides is 3. The van der Waals surface area contributed by atoms with E-state index in [0.29, 0.717) is 5.38 Å². The molecular weight excluding hydrogens is 1670 g/mol. The van der Waals surface area contributed by atoms with E-state index >= 15 is 0 Å². The minimum absolute atomic E-state index is 0. The molecule has 2 aromatic rings. The molecule has 83 heavy (non-hydrogen) atoms. The molecule has 8 aliphatic carbocycles. The quantitative estimate of drug-likeness (QED) is 0.163. The third-order valence-corrected chi connectivity index (χ3v) is 44.5. The maximum atomic E-state index is 6.28. The molecule has 9 unspecified atom stereocenters. The average molecular weight is 1790 g/mol. The first-order valence-electron chi connectivity index (χ1n) is 31.8. The van der Waals surface area contributed by atoms with Gasteiger partial charge in [-0.25, -0.2) is 0 Å². The van der Waals surface area contributed by atoms with Gasteiger partial charge in [-0.05, 0) is 151 Å². The van der Waals surface area contributed by atoms with E-state index in [1.165, 1.54) is 104 Å². The molecule has 0 aromatic heterocycles. The number of halogens is 10. The Bertz CT molecular complexity index is 1950. The SMILES string of the molecule is BrC1CC2CCCC2CC1Br.CC.CC.CC1=Cc2cccc(Cl)c2C1.CC1C(C)C(C)C(C)C1C.CC1C(C)C(C)C(C)C1C.CC1CC2CCCC(Cl)C2C1.C[CH2][Sn]([CH2]C)([CH2]C)[CH]1C=Cc2cc(Br)c(Br)cc21.[CH3-].[CH3-].[Cl][Zr][Cl].[Cl][Zr][Cl]. The van der Waals surface area contributed by atoms with Gasteiger partial charge in [-0.1, -0.05) is 203 Å². The fourth-order valence-corrected chi connectivity index (χ4v) is 30.0. The molecule has 0 amide bonds. The van der Waals surface area contributed by atoms with Crippen molar-refractivity contribution in [3.63, 3.8) is 0 Å². The Morgan fingerprint density at radius 2 is 0.940 bits per heavy atom. The van der Waals surface area contributed by atoms with Gasteiger partial charge in [0.2, 0.25) is 0 Å². The van der Waals surface area contributed by atoms with Crippen molar-refractivity contribution in [1.82, 2.24) is 0 Å². The van der Waals surface area contributed by atoms with Crippen LogP contribution in [0.1, 0.15) is 222 Å². The molecule has 13 heteroatoms. The predicted octanol–water partition coefficient (Wildman–Crippen LogP) is 28.9. The summed E-state index contributed by atoms with van der Waals surface area (Å²) in [4.78, 5) is 1.48. The number of hydrogen-bond donors (Lipinski definition) is 0. The van der Waals surface area contributed by atoms with E-state index in [1.54, 1.807) is 5.56 Å². The van der Waals surface area contributed by atoms with Crippen molar-refractivity contribution in [3.8, 4) is 0 Å². The Labute approximate surface area is 601 Å².